The van der Waals surface area contributed by atoms with E-state index in [1.807, 2.05) is 13.8 Å². The predicted molar refractivity (Wildman–Crippen MR) is 57.5 cm³/mol. The Morgan fingerprint density at radius 3 is 2.21 bits per heavy atom. The van der Waals surface area contributed by atoms with Gasteiger partial charge in [0.15, 0.2) is 0 Å². The lowest BCUT2D eigenvalue weighted by Gasteiger charge is -2.32. The molecule has 0 aliphatic heterocycles. The van der Waals surface area contributed by atoms with E-state index in [9.17, 15) is 9.59 Å². The van der Waals surface area contributed by atoms with Crippen LogP contribution < -0.4 is 0 Å². The summed E-state index contributed by atoms with van der Waals surface area (Å²) in [5, 5.41) is 8.89. The number of hydrogen-bond acceptors (Lipinski definition) is 3. The second-order valence-electron chi connectivity index (χ2n) is 3.22. The minimum Gasteiger partial charge on any atom is -0.480 e. The molecule has 0 radical (unpaired) electrons. The number of carboxylic acids is 1. The summed E-state index contributed by atoms with van der Waals surface area (Å²) in [5.74, 6) is -1.09. The van der Waals surface area contributed by atoms with E-state index >= 15 is 0 Å². The number of thiol groups is 1. The van der Waals surface area contributed by atoms with Gasteiger partial charge in [0.05, 0.1) is 0 Å². The zero-order valence-electron chi connectivity index (χ0n) is 8.73. The molecule has 0 aromatic carbocycles. The van der Waals surface area contributed by atoms with Crippen molar-refractivity contribution in [2.75, 3.05) is 5.75 Å². The maximum Gasteiger partial charge on any atom is 0.327 e. The smallest absolute Gasteiger partial charge is 0.327 e. The van der Waals surface area contributed by atoms with E-state index < -0.39 is 12.0 Å². The summed E-state index contributed by atoms with van der Waals surface area (Å²) in [6, 6.07) is -0.897. The number of aliphatic carboxylic acids is 1. The van der Waals surface area contributed by atoms with Gasteiger partial charge in [-0.2, -0.15) is 12.6 Å². The fourth-order valence-corrected chi connectivity index (χ4v) is 1.65. The Morgan fingerprint density at radius 2 is 2.00 bits per heavy atom. The predicted octanol–water partition coefficient (Wildman–Crippen LogP) is 1.02. The third-order valence-corrected chi connectivity index (χ3v) is 2.57. The lowest BCUT2D eigenvalue weighted by molar-refractivity contribution is -0.150. The highest BCUT2D eigenvalue weighted by atomic mass is 32.1. The maximum atomic E-state index is 11.3. The molecule has 1 unspecified atom stereocenters. The number of hydrogen-bond donors (Lipinski definition) is 2. The van der Waals surface area contributed by atoms with Gasteiger partial charge in [0.1, 0.15) is 6.04 Å². The van der Waals surface area contributed by atoms with Gasteiger partial charge in [0, 0.05) is 18.7 Å². The van der Waals surface area contributed by atoms with Gasteiger partial charge >= 0.3 is 5.97 Å². The largest absolute Gasteiger partial charge is 0.480 e. The molecule has 0 saturated carbocycles. The Balaban J connectivity index is 4.78. The van der Waals surface area contributed by atoms with E-state index in [0.717, 1.165) is 6.42 Å². The van der Waals surface area contributed by atoms with Crippen molar-refractivity contribution < 1.29 is 14.7 Å². The summed E-state index contributed by atoms with van der Waals surface area (Å²) in [5.41, 5.74) is 0. The summed E-state index contributed by atoms with van der Waals surface area (Å²) >= 11 is 3.95. The van der Waals surface area contributed by atoms with Crippen molar-refractivity contribution in [3.63, 3.8) is 0 Å². The molecule has 82 valence electrons. The second kappa shape index (κ2) is 5.90. The number of carboxylic acid groups (broad SMARTS) is 1. The van der Waals surface area contributed by atoms with Crippen molar-refractivity contribution in [2.24, 2.45) is 0 Å². The maximum absolute atomic E-state index is 11.3. The van der Waals surface area contributed by atoms with Crippen LogP contribution in [-0.2, 0) is 9.59 Å². The first-order valence-electron chi connectivity index (χ1n) is 4.58. The summed E-state index contributed by atoms with van der Waals surface area (Å²) in [4.78, 5) is 23.5. The van der Waals surface area contributed by atoms with Crippen LogP contribution in [0.1, 0.15) is 27.2 Å². The highest BCUT2D eigenvalue weighted by Crippen LogP contribution is 2.11. The van der Waals surface area contributed by atoms with E-state index in [0.29, 0.717) is 0 Å². The molecule has 0 aromatic heterocycles. The first kappa shape index (κ1) is 13.3. The molecule has 0 spiro atoms. The van der Waals surface area contributed by atoms with Crippen LogP contribution in [0.15, 0.2) is 0 Å². The van der Waals surface area contributed by atoms with Gasteiger partial charge in [-0.05, 0) is 13.3 Å². The van der Waals surface area contributed by atoms with Crippen LogP contribution in [0, 0.1) is 0 Å². The van der Waals surface area contributed by atoms with Crippen molar-refractivity contribution in [1.29, 1.82) is 0 Å². The molecule has 0 saturated heterocycles. The highest BCUT2D eigenvalue weighted by molar-refractivity contribution is 7.80. The zero-order valence-corrected chi connectivity index (χ0v) is 9.62. The van der Waals surface area contributed by atoms with Crippen LogP contribution in [0.2, 0.25) is 0 Å². The first-order chi connectivity index (χ1) is 6.45. The summed E-state index contributed by atoms with van der Waals surface area (Å²) in [7, 11) is 0. The number of nitrogens with zero attached hydrogens (tertiary/aromatic N) is 1. The van der Waals surface area contributed by atoms with E-state index in [1.54, 1.807) is 0 Å². The molecule has 1 N–H and O–H groups in total. The summed E-state index contributed by atoms with van der Waals surface area (Å²) in [6.07, 6.45) is 0.733. The quantitative estimate of drug-likeness (QED) is 0.679. The van der Waals surface area contributed by atoms with Gasteiger partial charge in [-0.25, -0.2) is 4.79 Å². The van der Waals surface area contributed by atoms with Crippen molar-refractivity contribution >= 4 is 24.5 Å². The van der Waals surface area contributed by atoms with Crippen molar-refractivity contribution in [3.8, 4) is 0 Å². The Hall–Kier alpha value is -0.710. The molecule has 0 aromatic rings. The van der Waals surface area contributed by atoms with Crippen LogP contribution in [0.25, 0.3) is 0 Å². The van der Waals surface area contributed by atoms with Crippen molar-refractivity contribution in [1.82, 2.24) is 4.90 Å². The number of carbonyl (C=O) groups is 2. The fourth-order valence-electron chi connectivity index (χ4n) is 1.32. The molecule has 2 atom stereocenters. The van der Waals surface area contributed by atoms with Gasteiger partial charge in [0.25, 0.3) is 0 Å². The summed E-state index contributed by atoms with van der Waals surface area (Å²) < 4.78 is 0. The monoisotopic (exact) mass is 219 g/mol. The SMILES string of the molecule is CCC(C)N(C(C)=O)[C@@H](CS)C(=O)O. The summed E-state index contributed by atoms with van der Waals surface area (Å²) in [6.45, 7) is 5.13. The normalized spacial score (nSPS) is 14.6. The molecule has 0 aliphatic rings. The second-order valence-corrected chi connectivity index (χ2v) is 3.59. The number of carbonyl (C=O) groups excluding carboxylic acids is 1. The number of rotatable bonds is 5. The number of amides is 1. The van der Waals surface area contributed by atoms with Gasteiger partial charge in [-0.3, -0.25) is 4.79 Å². The van der Waals surface area contributed by atoms with Crippen molar-refractivity contribution in [3.05, 3.63) is 0 Å². The van der Waals surface area contributed by atoms with Crippen molar-refractivity contribution in [2.45, 2.75) is 39.3 Å². The lowest BCUT2D eigenvalue weighted by atomic mass is 10.1. The molecular formula is C9H17NO3S. The Labute approximate surface area is 89.7 Å². The Kier molecular flexibility index (Phi) is 5.60. The molecular weight excluding hydrogens is 202 g/mol. The average molecular weight is 219 g/mol. The van der Waals surface area contributed by atoms with Crippen LogP contribution in [-0.4, -0.2) is 39.7 Å². The third kappa shape index (κ3) is 3.21. The molecule has 0 fully saturated rings. The van der Waals surface area contributed by atoms with E-state index in [-0.39, 0.29) is 17.7 Å². The Morgan fingerprint density at radius 1 is 1.50 bits per heavy atom. The van der Waals surface area contributed by atoms with Gasteiger partial charge in [-0.15, -0.1) is 0 Å². The van der Waals surface area contributed by atoms with E-state index in [1.165, 1.54) is 11.8 Å². The molecule has 4 nitrogen and oxygen atoms in total. The minimum atomic E-state index is -1.00. The Bertz CT molecular complexity index is 220. The van der Waals surface area contributed by atoms with Crippen LogP contribution >= 0.6 is 12.6 Å². The highest BCUT2D eigenvalue weighted by Gasteiger charge is 2.29. The van der Waals surface area contributed by atoms with E-state index in [4.69, 9.17) is 5.11 Å². The van der Waals surface area contributed by atoms with Gasteiger partial charge in [-0.1, -0.05) is 6.92 Å². The molecule has 0 aliphatic carbocycles. The molecule has 1 amide bonds. The van der Waals surface area contributed by atoms with E-state index in [2.05, 4.69) is 12.6 Å². The zero-order chi connectivity index (χ0) is 11.3. The van der Waals surface area contributed by atoms with Crippen LogP contribution in [0.4, 0.5) is 0 Å². The van der Waals surface area contributed by atoms with Gasteiger partial charge < -0.3 is 10.0 Å². The molecule has 5 heteroatoms. The van der Waals surface area contributed by atoms with Crippen LogP contribution in [0.3, 0.4) is 0 Å². The average Bonchev–Trinajstić information content (AvgIpc) is 2.11. The molecule has 0 bridgehead atoms. The lowest BCUT2D eigenvalue weighted by Crippen LogP contribution is -2.49. The third-order valence-electron chi connectivity index (χ3n) is 2.22. The molecule has 0 rings (SSSR count). The first-order valence-corrected chi connectivity index (χ1v) is 5.21. The topological polar surface area (TPSA) is 57.6 Å². The van der Waals surface area contributed by atoms with Crippen LogP contribution in [0.5, 0.6) is 0 Å². The van der Waals surface area contributed by atoms with Gasteiger partial charge in [0.2, 0.25) is 5.91 Å². The minimum absolute atomic E-state index is 0.0688. The fraction of sp³-hybridized carbons (Fsp3) is 0.778. The standard InChI is InChI=1S/C9H17NO3S/c1-4-6(2)10(7(3)11)8(5-14)9(12)13/h6,8,14H,4-5H2,1-3H3,(H,12,13)/t6?,8-/m0/s1. The molecule has 14 heavy (non-hydrogen) atoms. The molecule has 0 heterocycles.